The van der Waals surface area contributed by atoms with Gasteiger partial charge in [0.2, 0.25) is 0 Å². The van der Waals surface area contributed by atoms with Crippen molar-refractivity contribution in [2.24, 2.45) is 0 Å². The summed E-state index contributed by atoms with van der Waals surface area (Å²) in [6.07, 6.45) is -0.419. The summed E-state index contributed by atoms with van der Waals surface area (Å²) in [5, 5.41) is 16.8. The predicted octanol–water partition coefficient (Wildman–Crippen LogP) is 0.882. The Morgan fingerprint density at radius 3 is 1.73 bits per heavy atom. The molecular formula is C7H10O4. The summed E-state index contributed by atoms with van der Waals surface area (Å²) < 4.78 is 0. The first-order chi connectivity index (χ1) is 4.95. The monoisotopic (exact) mass is 158 g/mol. The van der Waals surface area contributed by atoms with E-state index in [4.69, 9.17) is 10.2 Å². The number of carboxylic acids is 2. The molecule has 0 aliphatic carbocycles. The van der Waals surface area contributed by atoms with E-state index in [-0.39, 0.29) is 5.57 Å². The molecule has 2 N–H and O–H groups in total. The molecule has 4 nitrogen and oxygen atoms in total. The minimum Gasteiger partial charge on any atom is -0.481 e. The van der Waals surface area contributed by atoms with E-state index in [9.17, 15) is 9.59 Å². The van der Waals surface area contributed by atoms with Gasteiger partial charge in [0.25, 0.3) is 0 Å². The molecule has 11 heavy (non-hydrogen) atoms. The molecule has 0 spiro atoms. The Bertz CT molecular complexity index is 210. The molecule has 0 aromatic heterocycles. The molecule has 0 aliphatic heterocycles. The molecule has 4 heteroatoms. The Balaban J connectivity index is 4.52. The smallest absolute Gasteiger partial charge is 0.332 e. The third-order valence-electron chi connectivity index (χ3n) is 1.19. The van der Waals surface area contributed by atoms with E-state index in [1.807, 2.05) is 0 Å². The number of hydrogen-bond donors (Lipinski definition) is 2. The van der Waals surface area contributed by atoms with Crippen LogP contribution in [0.4, 0.5) is 0 Å². The molecule has 0 saturated heterocycles. The number of rotatable bonds is 3. The van der Waals surface area contributed by atoms with Crippen molar-refractivity contribution in [1.82, 2.24) is 0 Å². The average molecular weight is 158 g/mol. The fourth-order valence-electron chi connectivity index (χ4n) is 0.617. The zero-order valence-electron chi connectivity index (χ0n) is 6.42. The third kappa shape index (κ3) is 3.40. The molecule has 0 heterocycles. The largest absolute Gasteiger partial charge is 0.481 e. The second-order valence-corrected chi connectivity index (χ2v) is 2.35. The molecule has 62 valence electrons. The second-order valence-electron chi connectivity index (χ2n) is 2.35. The van der Waals surface area contributed by atoms with Crippen LogP contribution in [0.15, 0.2) is 11.1 Å². The molecule has 0 amide bonds. The van der Waals surface area contributed by atoms with E-state index in [0.29, 0.717) is 5.57 Å². The lowest BCUT2D eigenvalue weighted by Crippen LogP contribution is -2.08. The Morgan fingerprint density at radius 2 is 1.64 bits per heavy atom. The molecule has 0 atom stereocenters. The van der Waals surface area contributed by atoms with Gasteiger partial charge in [-0.2, -0.15) is 0 Å². The van der Waals surface area contributed by atoms with Gasteiger partial charge in [0, 0.05) is 5.57 Å². The van der Waals surface area contributed by atoms with Gasteiger partial charge in [-0.15, -0.1) is 0 Å². The maximum Gasteiger partial charge on any atom is 0.332 e. The molecule has 0 bridgehead atoms. The van der Waals surface area contributed by atoms with Gasteiger partial charge in [-0.05, 0) is 13.8 Å². The van der Waals surface area contributed by atoms with Crippen molar-refractivity contribution in [2.75, 3.05) is 0 Å². The van der Waals surface area contributed by atoms with Crippen molar-refractivity contribution < 1.29 is 19.8 Å². The molecule has 0 rings (SSSR count). The highest BCUT2D eigenvalue weighted by Crippen LogP contribution is 2.07. The minimum atomic E-state index is -1.16. The van der Waals surface area contributed by atoms with Crippen LogP contribution in [0.1, 0.15) is 20.3 Å². The quantitative estimate of drug-likeness (QED) is 0.598. The molecule has 0 aromatic carbocycles. The summed E-state index contributed by atoms with van der Waals surface area (Å²) in [6, 6.07) is 0. The van der Waals surface area contributed by atoms with E-state index in [1.165, 1.54) is 0 Å². The lowest BCUT2D eigenvalue weighted by atomic mass is 10.1. The standard InChI is InChI=1S/C7H10O4/c1-4(2)5(7(10)11)3-6(8)9/h3H2,1-2H3,(H,8,9)(H,10,11). The zero-order valence-corrected chi connectivity index (χ0v) is 6.42. The van der Waals surface area contributed by atoms with Crippen LogP contribution < -0.4 is 0 Å². The van der Waals surface area contributed by atoms with Crippen LogP contribution in [0.5, 0.6) is 0 Å². The van der Waals surface area contributed by atoms with Crippen LogP contribution in [-0.4, -0.2) is 22.2 Å². The van der Waals surface area contributed by atoms with Crippen LogP contribution in [0, 0.1) is 0 Å². The van der Waals surface area contributed by atoms with Gasteiger partial charge in [0.05, 0.1) is 6.42 Å². The Morgan fingerprint density at radius 1 is 1.18 bits per heavy atom. The third-order valence-corrected chi connectivity index (χ3v) is 1.19. The van der Waals surface area contributed by atoms with E-state index >= 15 is 0 Å². The zero-order chi connectivity index (χ0) is 9.02. The predicted molar refractivity (Wildman–Crippen MR) is 38.3 cm³/mol. The molecule has 0 radical (unpaired) electrons. The highest BCUT2D eigenvalue weighted by Gasteiger charge is 2.12. The van der Waals surface area contributed by atoms with Gasteiger partial charge in [-0.25, -0.2) is 4.79 Å². The summed E-state index contributed by atoms with van der Waals surface area (Å²) in [6.45, 7) is 3.15. The first-order valence-corrected chi connectivity index (χ1v) is 3.06. The highest BCUT2D eigenvalue weighted by molar-refractivity contribution is 5.92. The Kier molecular flexibility index (Phi) is 3.30. The van der Waals surface area contributed by atoms with Crippen molar-refractivity contribution in [3.05, 3.63) is 11.1 Å². The van der Waals surface area contributed by atoms with Crippen LogP contribution in [-0.2, 0) is 9.59 Å². The summed E-state index contributed by atoms with van der Waals surface area (Å²) in [5.41, 5.74) is 0.484. The maximum absolute atomic E-state index is 10.4. The van der Waals surface area contributed by atoms with Crippen molar-refractivity contribution >= 4 is 11.9 Å². The summed E-state index contributed by atoms with van der Waals surface area (Å²) >= 11 is 0. The van der Waals surface area contributed by atoms with Gasteiger partial charge in [0.15, 0.2) is 0 Å². The van der Waals surface area contributed by atoms with Gasteiger partial charge >= 0.3 is 11.9 Å². The molecule has 0 unspecified atom stereocenters. The van der Waals surface area contributed by atoms with Crippen LogP contribution >= 0.6 is 0 Å². The minimum absolute atomic E-state index is 0.0440. The van der Waals surface area contributed by atoms with Crippen molar-refractivity contribution in [1.29, 1.82) is 0 Å². The van der Waals surface area contributed by atoms with Crippen molar-refractivity contribution in [3.63, 3.8) is 0 Å². The van der Waals surface area contributed by atoms with E-state index in [1.54, 1.807) is 13.8 Å². The summed E-state index contributed by atoms with van der Waals surface area (Å²) in [7, 11) is 0. The molecule has 0 aromatic rings. The second kappa shape index (κ2) is 3.75. The summed E-state index contributed by atoms with van der Waals surface area (Å²) in [5.74, 6) is -2.28. The van der Waals surface area contributed by atoms with Crippen LogP contribution in [0.2, 0.25) is 0 Å². The van der Waals surface area contributed by atoms with Gasteiger partial charge in [0.1, 0.15) is 0 Å². The van der Waals surface area contributed by atoms with Crippen molar-refractivity contribution in [2.45, 2.75) is 20.3 Å². The van der Waals surface area contributed by atoms with Gasteiger partial charge < -0.3 is 10.2 Å². The average Bonchev–Trinajstić information content (AvgIpc) is 1.81. The highest BCUT2D eigenvalue weighted by atomic mass is 16.4. The fraction of sp³-hybridized carbons (Fsp3) is 0.429. The number of hydrogen-bond acceptors (Lipinski definition) is 2. The number of carbonyl (C=O) groups is 2. The summed E-state index contributed by atoms with van der Waals surface area (Å²) in [4.78, 5) is 20.5. The fourth-order valence-corrected chi connectivity index (χ4v) is 0.617. The number of aliphatic carboxylic acids is 2. The lowest BCUT2D eigenvalue weighted by molar-refractivity contribution is -0.139. The SMILES string of the molecule is CC(C)=C(CC(=O)O)C(=O)O. The van der Waals surface area contributed by atoms with E-state index < -0.39 is 18.4 Å². The van der Waals surface area contributed by atoms with Gasteiger partial charge in [-0.1, -0.05) is 5.57 Å². The van der Waals surface area contributed by atoms with Crippen molar-refractivity contribution in [3.8, 4) is 0 Å². The topological polar surface area (TPSA) is 74.6 Å². The van der Waals surface area contributed by atoms with E-state index in [2.05, 4.69) is 0 Å². The Labute approximate surface area is 64.2 Å². The van der Waals surface area contributed by atoms with Gasteiger partial charge in [-0.3, -0.25) is 4.79 Å². The molecular weight excluding hydrogens is 148 g/mol. The number of allylic oxidation sites excluding steroid dienone is 1. The van der Waals surface area contributed by atoms with E-state index in [0.717, 1.165) is 0 Å². The normalized spacial score (nSPS) is 8.91. The molecule has 0 fully saturated rings. The lowest BCUT2D eigenvalue weighted by Gasteiger charge is -1.99. The van der Waals surface area contributed by atoms with Crippen LogP contribution in [0.25, 0.3) is 0 Å². The molecule has 0 saturated carbocycles. The first-order valence-electron chi connectivity index (χ1n) is 3.06. The first kappa shape index (κ1) is 9.68. The maximum atomic E-state index is 10.4. The van der Waals surface area contributed by atoms with Crippen LogP contribution in [0.3, 0.4) is 0 Å². The number of carboxylic acid groups (broad SMARTS) is 2. The Hall–Kier alpha value is -1.32. The molecule has 0 aliphatic rings.